The van der Waals surface area contributed by atoms with Gasteiger partial charge in [0.2, 0.25) is 17.8 Å². The van der Waals surface area contributed by atoms with Gasteiger partial charge in [0.15, 0.2) is 0 Å². The summed E-state index contributed by atoms with van der Waals surface area (Å²) in [6, 6.07) is 21.1. The molecule has 6 rings (SSSR count). The van der Waals surface area contributed by atoms with E-state index >= 15 is 0 Å². The maximum absolute atomic E-state index is 12.9. The lowest BCUT2D eigenvalue weighted by molar-refractivity contribution is 0.555. The van der Waals surface area contributed by atoms with Crippen LogP contribution in [-0.2, 0) is 0 Å². The average molecular weight is 942 g/mol. The lowest BCUT2D eigenvalue weighted by atomic mass is 10.0. The molecule has 0 amide bonds. The molecule has 0 radical (unpaired) electrons. The van der Waals surface area contributed by atoms with Crippen molar-refractivity contribution < 1.29 is 13.2 Å². The highest BCUT2D eigenvalue weighted by atomic mass is 35.5. The molecule has 5 aromatic heterocycles. The van der Waals surface area contributed by atoms with Gasteiger partial charge < -0.3 is 0 Å². The topological polar surface area (TPSA) is 64.5 Å². The molecule has 0 spiro atoms. The van der Waals surface area contributed by atoms with Gasteiger partial charge in [-0.05, 0) is 120 Å². The molecule has 0 unspecified atom stereocenters. The Labute approximate surface area is 398 Å². The first kappa shape index (κ1) is 59.6. The average Bonchev–Trinajstić information content (AvgIpc) is 3.22. The minimum Gasteiger partial charge on any atom is -0.244 e. The largest absolute Gasteiger partial charge is 0.244 e. The third-order valence-electron chi connectivity index (χ3n) is 9.22. The molecule has 0 bridgehead atoms. The molecule has 11 heteroatoms. The fourth-order valence-corrected chi connectivity index (χ4v) is 6.55. The molecular formula is C53H71Cl3F3N5. The summed E-state index contributed by atoms with van der Waals surface area (Å²) in [5.74, 6) is 1.04. The number of benzene rings is 1. The van der Waals surface area contributed by atoms with E-state index in [1.807, 2.05) is 105 Å². The van der Waals surface area contributed by atoms with Gasteiger partial charge in [-0.2, -0.15) is 13.2 Å². The van der Waals surface area contributed by atoms with E-state index in [2.05, 4.69) is 78.6 Å². The van der Waals surface area contributed by atoms with Crippen molar-refractivity contribution in [1.29, 1.82) is 0 Å². The fourth-order valence-electron chi connectivity index (χ4n) is 5.54. The standard InChI is InChI=1S/C9H12ClN.C9H11Cl.2C9H12FN.C8H10ClN.C8H10FN.CH4/c1-6(2)8-4-7(3)5-11-9(8)10;1-7(2)8-5-3-4-6-9(8)10;2*1-6(2)8-4-7(3)5-11-9(8)10;2*1-6(2)7-4-3-5-10-8(7)9;/h4-6H,1-3H3;3-7H,1-2H3;2*4-6H,1-3H3;2*3-6H,1-2H3;1H4. The molecule has 0 atom stereocenters. The Bertz CT molecular complexity index is 1990. The van der Waals surface area contributed by atoms with Gasteiger partial charge >= 0.3 is 0 Å². The molecule has 0 N–H and O–H groups in total. The van der Waals surface area contributed by atoms with Crippen LogP contribution in [0.1, 0.15) is 176 Å². The van der Waals surface area contributed by atoms with Crippen LogP contribution in [0, 0.1) is 38.6 Å². The van der Waals surface area contributed by atoms with Gasteiger partial charge in [-0.3, -0.25) is 0 Å². The number of hydrogen-bond acceptors (Lipinski definition) is 5. The second kappa shape index (κ2) is 30.7. The third-order valence-corrected chi connectivity index (χ3v) is 10.2. The normalized spacial score (nSPS) is 10.4. The van der Waals surface area contributed by atoms with Gasteiger partial charge in [-0.15, -0.1) is 0 Å². The number of rotatable bonds is 6. The first-order valence-electron chi connectivity index (χ1n) is 21.3. The number of pyridine rings is 5. The van der Waals surface area contributed by atoms with E-state index in [1.165, 1.54) is 11.8 Å². The Morgan fingerprint density at radius 2 is 0.703 bits per heavy atom. The number of hydrogen-bond donors (Lipinski definition) is 0. The highest BCUT2D eigenvalue weighted by Gasteiger charge is 2.09. The van der Waals surface area contributed by atoms with Crippen LogP contribution >= 0.6 is 34.8 Å². The van der Waals surface area contributed by atoms with Crippen LogP contribution in [0.2, 0.25) is 15.3 Å². The van der Waals surface area contributed by atoms with Gasteiger partial charge in [0, 0.05) is 52.7 Å². The Balaban J connectivity index is 0.000000742. The smallest absolute Gasteiger partial charge is 0.216 e. The summed E-state index contributed by atoms with van der Waals surface area (Å²) in [5.41, 5.74) is 8.74. The third kappa shape index (κ3) is 22.0. The molecule has 0 saturated carbocycles. The first-order chi connectivity index (χ1) is 29.5. The molecule has 0 saturated heterocycles. The second-order valence-corrected chi connectivity index (χ2v) is 18.0. The summed E-state index contributed by atoms with van der Waals surface area (Å²) in [4.78, 5) is 18.8. The van der Waals surface area contributed by atoms with E-state index in [-0.39, 0.29) is 43.0 Å². The molecule has 0 fully saturated rings. The van der Waals surface area contributed by atoms with Crippen LogP contribution in [0.3, 0.4) is 0 Å². The van der Waals surface area contributed by atoms with E-state index < -0.39 is 0 Å². The second-order valence-electron chi connectivity index (χ2n) is 16.9. The SMILES string of the molecule is C.CC(C)c1ccccc1Cl.CC(C)c1cccnc1Cl.CC(C)c1cccnc1F.Cc1cnc(Cl)c(C(C)C)c1.Cc1cnc(F)c(C(C)C)c1.Cc1cnc(F)c(C(C)C)c1. The van der Waals surface area contributed by atoms with Crippen LogP contribution < -0.4 is 0 Å². The van der Waals surface area contributed by atoms with E-state index in [0.29, 0.717) is 44.8 Å². The van der Waals surface area contributed by atoms with Crippen LogP contribution in [-0.4, -0.2) is 24.9 Å². The van der Waals surface area contributed by atoms with E-state index in [4.69, 9.17) is 34.8 Å². The van der Waals surface area contributed by atoms with Crippen molar-refractivity contribution in [2.75, 3.05) is 0 Å². The summed E-state index contributed by atoms with van der Waals surface area (Å²) in [6.45, 7) is 30.3. The van der Waals surface area contributed by atoms with Crippen LogP contribution in [0.25, 0.3) is 0 Å². The zero-order valence-electron chi connectivity index (χ0n) is 39.7. The molecular weight excluding hydrogens is 870 g/mol. The summed E-state index contributed by atoms with van der Waals surface area (Å²) >= 11 is 17.6. The van der Waals surface area contributed by atoms with Gasteiger partial charge in [-0.25, -0.2) is 24.9 Å². The maximum Gasteiger partial charge on any atom is 0.216 e. The molecule has 0 aliphatic heterocycles. The predicted molar refractivity (Wildman–Crippen MR) is 268 cm³/mol. The predicted octanol–water partition coefficient (Wildman–Crippen LogP) is 17.8. The Morgan fingerprint density at radius 1 is 0.375 bits per heavy atom. The Kier molecular flexibility index (Phi) is 28.6. The first-order valence-corrected chi connectivity index (χ1v) is 22.4. The Morgan fingerprint density at radius 3 is 1.02 bits per heavy atom. The van der Waals surface area contributed by atoms with Crippen molar-refractivity contribution in [2.45, 2.75) is 147 Å². The highest BCUT2D eigenvalue weighted by molar-refractivity contribution is 6.31. The molecule has 1 aromatic carbocycles. The van der Waals surface area contributed by atoms with Gasteiger partial charge in [-0.1, -0.05) is 162 Å². The zero-order chi connectivity index (χ0) is 48.0. The maximum atomic E-state index is 12.9. The molecule has 0 aliphatic rings. The lowest BCUT2D eigenvalue weighted by Gasteiger charge is -2.06. The number of nitrogens with zero attached hydrogens (tertiary/aromatic N) is 5. The summed E-state index contributed by atoms with van der Waals surface area (Å²) in [7, 11) is 0. The van der Waals surface area contributed by atoms with Crippen molar-refractivity contribution in [2.24, 2.45) is 0 Å². The van der Waals surface area contributed by atoms with Crippen molar-refractivity contribution >= 4 is 34.8 Å². The molecule has 5 nitrogen and oxygen atoms in total. The summed E-state index contributed by atoms with van der Waals surface area (Å²) in [5, 5.41) is 2.13. The monoisotopic (exact) mass is 939 g/mol. The highest BCUT2D eigenvalue weighted by Crippen LogP contribution is 2.24. The zero-order valence-corrected chi connectivity index (χ0v) is 42.0. The van der Waals surface area contributed by atoms with Crippen molar-refractivity contribution in [3.63, 3.8) is 0 Å². The minimum absolute atomic E-state index is 0. The quantitative estimate of drug-likeness (QED) is 0.156. The number of aromatic nitrogens is 5. The van der Waals surface area contributed by atoms with Crippen LogP contribution in [0.4, 0.5) is 13.2 Å². The Hall–Kier alpha value is -4.37. The summed E-state index contributed by atoms with van der Waals surface area (Å²) in [6.07, 6.45) is 8.03. The van der Waals surface area contributed by atoms with Crippen LogP contribution in [0.5, 0.6) is 0 Å². The lowest BCUT2D eigenvalue weighted by Crippen LogP contribution is -1.96. The number of aryl methyl sites for hydroxylation is 3. The fraction of sp³-hybridized carbons (Fsp3) is 0.415. The van der Waals surface area contributed by atoms with E-state index in [1.54, 1.807) is 36.9 Å². The van der Waals surface area contributed by atoms with Crippen LogP contribution in [0.15, 0.2) is 97.7 Å². The van der Waals surface area contributed by atoms with E-state index in [0.717, 1.165) is 32.8 Å². The van der Waals surface area contributed by atoms with Gasteiger partial charge in [0.05, 0.1) is 0 Å². The van der Waals surface area contributed by atoms with Gasteiger partial charge in [0.1, 0.15) is 10.3 Å². The molecule has 64 heavy (non-hydrogen) atoms. The van der Waals surface area contributed by atoms with E-state index in [9.17, 15) is 13.2 Å². The molecule has 6 aromatic rings. The molecule has 0 aliphatic carbocycles. The number of halogens is 6. The summed E-state index contributed by atoms with van der Waals surface area (Å²) < 4.78 is 38.5. The van der Waals surface area contributed by atoms with Crippen molar-refractivity contribution in [3.05, 3.63) is 181 Å². The van der Waals surface area contributed by atoms with Crippen molar-refractivity contribution in [3.8, 4) is 0 Å². The van der Waals surface area contributed by atoms with Gasteiger partial charge in [0.25, 0.3) is 0 Å². The minimum atomic E-state index is -0.350. The molecule has 350 valence electrons. The van der Waals surface area contributed by atoms with Crippen molar-refractivity contribution in [1.82, 2.24) is 24.9 Å². The molecule has 5 heterocycles.